The first-order valence-corrected chi connectivity index (χ1v) is 6.84. The third-order valence-corrected chi connectivity index (χ3v) is 3.71. The molecule has 1 aromatic carbocycles. The van der Waals surface area contributed by atoms with Gasteiger partial charge in [-0.25, -0.2) is 0 Å². The number of carbonyl (C=O) groups is 1. The Labute approximate surface area is 123 Å². The van der Waals surface area contributed by atoms with Gasteiger partial charge in [0, 0.05) is 17.8 Å². The first-order valence-electron chi connectivity index (χ1n) is 6.46. The van der Waals surface area contributed by atoms with Crippen LogP contribution < -0.4 is 5.32 Å². The van der Waals surface area contributed by atoms with Crippen molar-refractivity contribution < 1.29 is 4.79 Å². The van der Waals surface area contributed by atoms with Crippen molar-refractivity contribution in [2.24, 2.45) is 7.05 Å². The van der Waals surface area contributed by atoms with Crippen molar-refractivity contribution >= 4 is 17.5 Å². The molecule has 0 aliphatic carbocycles. The van der Waals surface area contributed by atoms with Crippen molar-refractivity contribution in [1.29, 1.82) is 0 Å². The Kier molecular flexibility index (Phi) is 4.14. The zero-order valence-electron chi connectivity index (χ0n) is 12.1. The number of halogens is 1. The number of hydrogen-bond acceptors (Lipinski definition) is 2. The first-order chi connectivity index (χ1) is 9.40. The molecule has 0 aliphatic heterocycles. The Morgan fingerprint density at radius 3 is 2.40 bits per heavy atom. The second kappa shape index (κ2) is 5.67. The van der Waals surface area contributed by atoms with Crippen LogP contribution in [0.1, 0.15) is 40.3 Å². The highest BCUT2D eigenvalue weighted by Gasteiger charge is 2.19. The predicted octanol–water partition coefficient (Wildman–Crippen LogP) is 3.18. The minimum absolute atomic E-state index is 0.0845. The van der Waals surface area contributed by atoms with Gasteiger partial charge < -0.3 is 5.32 Å². The van der Waals surface area contributed by atoms with E-state index in [0.29, 0.717) is 10.6 Å². The van der Waals surface area contributed by atoms with Gasteiger partial charge in [-0.1, -0.05) is 23.7 Å². The number of aromatic nitrogens is 2. The molecule has 0 saturated carbocycles. The van der Waals surface area contributed by atoms with Gasteiger partial charge >= 0.3 is 0 Å². The Balaban J connectivity index is 2.17. The number of benzene rings is 1. The van der Waals surface area contributed by atoms with Crippen LogP contribution in [0.5, 0.6) is 0 Å². The molecule has 0 spiro atoms. The highest BCUT2D eigenvalue weighted by molar-refractivity contribution is 6.30. The Morgan fingerprint density at radius 1 is 1.30 bits per heavy atom. The Bertz CT molecular complexity index is 631. The van der Waals surface area contributed by atoms with Crippen molar-refractivity contribution in [3.05, 3.63) is 51.8 Å². The summed E-state index contributed by atoms with van der Waals surface area (Å²) in [5.41, 5.74) is 3.27. The molecule has 1 amide bonds. The fourth-order valence-corrected chi connectivity index (χ4v) is 2.33. The molecule has 0 bridgehead atoms. The molecule has 0 radical (unpaired) electrons. The van der Waals surface area contributed by atoms with E-state index < -0.39 is 0 Å². The van der Waals surface area contributed by atoms with E-state index in [9.17, 15) is 4.79 Å². The van der Waals surface area contributed by atoms with Gasteiger partial charge in [0.2, 0.25) is 0 Å². The van der Waals surface area contributed by atoms with E-state index in [2.05, 4.69) is 10.4 Å². The van der Waals surface area contributed by atoms with Gasteiger partial charge in [0.15, 0.2) is 0 Å². The molecule has 0 saturated heterocycles. The average Bonchev–Trinajstić information content (AvgIpc) is 2.63. The van der Waals surface area contributed by atoms with Crippen LogP contribution >= 0.6 is 11.6 Å². The Hall–Kier alpha value is -1.81. The van der Waals surface area contributed by atoms with E-state index in [1.54, 1.807) is 4.68 Å². The maximum Gasteiger partial charge on any atom is 0.255 e. The van der Waals surface area contributed by atoms with Crippen molar-refractivity contribution in [2.75, 3.05) is 0 Å². The van der Waals surface area contributed by atoms with Crippen LogP contribution in [0.4, 0.5) is 0 Å². The molecule has 1 heterocycles. The fourth-order valence-electron chi connectivity index (χ4n) is 2.21. The third kappa shape index (κ3) is 2.85. The highest BCUT2D eigenvalue weighted by atomic mass is 35.5. The molecule has 4 nitrogen and oxygen atoms in total. The molecule has 20 heavy (non-hydrogen) atoms. The molecule has 5 heteroatoms. The van der Waals surface area contributed by atoms with Crippen LogP contribution in [0.3, 0.4) is 0 Å². The number of hydrogen-bond donors (Lipinski definition) is 1. The summed E-state index contributed by atoms with van der Waals surface area (Å²) < 4.78 is 1.72. The van der Waals surface area contributed by atoms with Gasteiger partial charge in [-0.05, 0) is 38.5 Å². The van der Waals surface area contributed by atoms with Crippen molar-refractivity contribution in [3.63, 3.8) is 0 Å². The summed E-state index contributed by atoms with van der Waals surface area (Å²) >= 11 is 5.86. The van der Waals surface area contributed by atoms with Gasteiger partial charge in [0.05, 0.1) is 17.3 Å². The van der Waals surface area contributed by atoms with Crippen LogP contribution in [-0.4, -0.2) is 15.7 Å². The zero-order chi connectivity index (χ0) is 14.9. The molecular formula is C15H18ClN3O. The van der Waals surface area contributed by atoms with Crippen molar-refractivity contribution in [1.82, 2.24) is 15.1 Å². The molecule has 0 fully saturated rings. The molecule has 1 N–H and O–H groups in total. The molecule has 0 aliphatic rings. The summed E-state index contributed by atoms with van der Waals surface area (Å²) in [4.78, 5) is 12.4. The van der Waals surface area contributed by atoms with Crippen LogP contribution in [-0.2, 0) is 7.05 Å². The number of amides is 1. The second-order valence-corrected chi connectivity index (χ2v) is 5.35. The fraction of sp³-hybridized carbons (Fsp3) is 0.333. The van der Waals surface area contributed by atoms with Gasteiger partial charge in [0.25, 0.3) is 5.91 Å². The van der Waals surface area contributed by atoms with E-state index in [0.717, 1.165) is 17.0 Å². The summed E-state index contributed by atoms with van der Waals surface area (Å²) in [7, 11) is 1.84. The van der Waals surface area contributed by atoms with Crippen molar-refractivity contribution in [2.45, 2.75) is 26.8 Å². The predicted molar refractivity (Wildman–Crippen MR) is 80.0 cm³/mol. The minimum atomic E-state index is -0.101. The van der Waals surface area contributed by atoms with Crippen LogP contribution in [0.15, 0.2) is 24.3 Å². The summed E-state index contributed by atoms with van der Waals surface area (Å²) in [6.45, 7) is 5.68. The number of nitrogens with one attached hydrogen (secondary N) is 1. The number of carbonyl (C=O) groups excluding carboxylic acids is 1. The summed E-state index contributed by atoms with van der Waals surface area (Å²) in [5.74, 6) is -0.101. The molecule has 2 aromatic rings. The highest BCUT2D eigenvalue weighted by Crippen LogP contribution is 2.18. The van der Waals surface area contributed by atoms with Crippen LogP contribution in [0.25, 0.3) is 0 Å². The molecule has 1 aromatic heterocycles. The maximum absolute atomic E-state index is 12.4. The maximum atomic E-state index is 12.4. The lowest BCUT2D eigenvalue weighted by Crippen LogP contribution is -2.27. The molecule has 2 rings (SSSR count). The van der Waals surface area contributed by atoms with E-state index in [1.807, 2.05) is 52.1 Å². The topological polar surface area (TPSA) is 46.9 Å². The lowest BCUT2D eigenvalue weighted by atomic mass is 10.1. The van der Waals surface area contributed by atoms with E-state index in [1.165, 1.54) is 0 Å². The van der Waals surface area contributed by atoms with Crippen molar-refractivity contribution in [3.8, 4) is 0 Å². The normalized spacial score (nSPS) is 12.2. The standard InChI is InChI=1S/C15H18ClN3O/c1-9(12-5-7-13(16)8-6-12)17-15(20)14-10(2)18-19(4)11(14)3/h5-9H,1-4H3,(H,17,20)/t9-/m0/s1. The molecular weight excluding hydrogens is 274 g/mol. The first kappa shape index (κ1) is 14.6. The monoisotopic (exact) mass is 291 g/mol. The zero-order valence-corrected chi connectivity index (χ0v) is 12.8. The van der Waals surface area contributed by atoms with Gasteiger partial charge in [-0.15, -0.1) is 0 Å². The third-order valence-electron chi connectivity index (χ3n) is 3.45. The SMILES string of the molecule is Cc1nn(C)c(C)c1C(=O)N[C@@H](C)c1ccc(Cl)cc1. The number of aryl methyl sites for hydroxylation is 2. The number of nitrogens with zero attached hydrogens (tertiary/aromatic N) is 2. The van der Waals surface area contributed by atoms with E-state index in [4.69, 9.17) is 11.6 Å². The van der Waals surface area contributed by atoms with E-state index in [-0.39, 0.29) is 11.9 Å². The average molecular weight is 292 g/mol. The summed E-state index contributed by atoms with van der Waals surface area (Å²) in [6, 6.07) is 7.38. The second-order valence-electron chi connectivity index (χ2n) is 4.92. The molecule has 1 atom stereocenters. The smallest absolute Gasteiger partial charge is 0.255 e. The summed E-state index contributed by atoms with van der Waals surface area (Å²) in [6.07, 6.45) is 0. The van der Waals surface area contributed by atoms with Gasteiger partial charge in [-0.2, -0.15) is 5.10 Å². The largest absolute Gasteiger partial charge is 0.345 e. The molecule has 106 valence electrons. The molecule has 0 unspecified atom stereocenters. The van der Waals surface area contributed by atoms with Gasteiger partial charge in [0.1, 0.15) is 0 Å². The van der Waals surface area contributed by atoms with Gasteiger partial charge in [-0.3, -0.25) is 9.48 Å². The Morgan fingerprint density at radius 2 is 1.90 bits per heavy atom. The quantitative estimate of drug-likeness (QED) is 0.944. The lowest BCUT2D eigenvalue weighted by Gasteiger charge is -2.14. The lowest BCUT2D eigenvalue weighted by molar-refractivity contribution is 0.0938. The summed E-state index contributed by atoms with van der Waals surface area (Å²) in [5, 5.41) is 7.94. The van der Waals surface area contributed by atoms with Crippen LogP contribution in [0.2, 0.25) is 5.02 Å². The number of rotatable bonds is 3. The minimum Gasteiger partial charge on any atom is -0.345 e. The van der Waals surface area contributed by atoms with Crippen LogP contribution in [0, 0.1) is 13.8 Å². The van der Waals surface area contributed by atoms with E-state index >= 15 is 0 Å².